The van der Waals surface area contributed by atoms with Crippen molar-refractivity contribution in [3.05, 3.63) is 53.2 Å². The standard InChI is InChI=1S/C24H31N3O3S/c1-16-8-9-20(17(2)15-16)31-22-19(7-6-12-25-22)21(28)26-18-10-13-27(14-11-18)23(29)30-24(3,4)5/h6-9,12,15,18H,10-11,13-14H2,1-5H3,(H,26,28). The SMILES string of the molecule is Cc1ccc(Sc2ncccc2C(=O)NC2CCN(C(=O)OC(C)(C)C)CC2)c(C)c1. The molecule has 2 aromatic rings. The van der Waals surface area contributed by atoms with Crippen molar-refractivity contribution in [1.82, 2.24) is 15.2 Å². The van der Waals surface area contributed by atoms with Crippen LogP contribution in [0.4, 0.5) is 4.79 Å². The number of piperidine rings is 1. The maximum atomic E-state index is 13.0. The Hall–Kier alpha value is -2.54. The Morgan fingerprint density at radius 1 is 1.16 bits per heavy atom. The van der Waals surface area contributed by atoms with E-state index < -0.39 is 5.60 Å². The number of carbonyl (C=O) groups excluding carboxylic acids is 2. The zero-order valence-corrected chi connectivity index (χ0v) is 19.7. The molecule has 7 heteroatoms. The van der Waals surface area contributed by atoms with Crippen molar-refractivity contribution in [2.75, 3.05) is 13.1 Å². The van der Waals surface area contributed by atoms with Gasteiger partial charge in [0, 0.05) is 30.2 Å². The number of likely N-dealkylation sites (tertiary alicyclic amines) is 1. The second-order valence-corrected chi connectivity index (χ2v) is 9.97. The van der Waals surface area contributed by atoms with Crippen molar-refractivity contribution in [2.45, 2.75) is 69.0 Å². The molecular formula is C24H31N3O3S. The summed E-state index contributed by atoms with van der Waals surface area (Å²) in [4.78, 5) is 32.5. The molecule has 1 aromatic carbocycles. The van der Waals surface area contributed by atoms with Gasteiger partial charge < -0.3 is 15.0 Å². The third-order valence-corrected chi connectivity index (χ3v) is 6.23. The van der Waals surface area contributed by atoms with Crippen LogP contribution < -0.4 is 5.32 Å². The number of hydrogen-bond donors (Lipinski definition) is 1. The molecule has 2 amide bonds. The molecule has 1 fully saturated rings. The highest BCUT2D eigenvalue weighted by atomic mass is 32.2. The molecule has 0 spiro atoms. The topological polar surface area (TPSA) is 71.5 Å². The normalized spacial score (nSPS) is 14.9. The van der Waals surface area contributed by atoms with Crippen LogP contribution in [0.25, 0.3) is 0 Å². The van der Waals surface area contributed by atoms with Crippen LogP contribution in [-0.4, -0.2) is 46.6 Å². The van der Waals surface area contributed by atoms with Gasteiger partial charge in [-0.25, -0.2) is 9.78 Å². The Morgan fingerprint density at radius 2 is 1.87 bits per heavy atom. The zero-order chi connectivity index (χ0) is 22.6. The minimum absolute atomic E-state index is 0.0188. The van der Waals surface area contributed by atoms with E-state index >= 15 is 0 Å². The number of hydrogen-bond acceptors (Lipinski definition) is 5. The molecule has 1 saturated heterocycles. The van der Waals surface area contributed by atoms with Gasteiger partial charge in [-0.1, -0.05) is 29.5 Å². The van der Waals surface area contributed by atoms with Crippen LogP contribution in [0.1, 0.15) is 55.1 Å². The minimum Gasteiger partial charge on any atom is -0.444 e. The van der Waals surface area contributed by atoms with Gasteiger partial charge >= 0.3 is 6.09 Å². The molecule has 0 bridgehead atoms. The molecule has 1 aliphatic rings. The van der Waals surface area contributed by atoms with Crippen molar-refractivity contribution in [3.8, 4) is 0 Å². The van der Waals surface area contributed by atoms with E-state index in [1.165, 1.54) is 17.3 Å². The molecule has 2 heterocycles. The van der Waals surface area contributed by atoms with Gasteiger partial charge in [-0.05, 0) is 71.2 Å². The second-order valence-electron chi connectivity index (χ2n) is 8.94. The lowest BCUT2D eigenvalue weighted by molar-refractivity contribution is 0.0199. The first-order valence-electron chi connectivity index (χ1n) is 10.6. The van der Waals surface area contributed by atoms with Gasteiger partial charge in [0.2, 0.25) is 0 Å². The largest absolute Gasteiger partial charge is 0.444 e. The van der Waals surface area contributed by atoms with E-state index in [9.17, 15) is 9.59 Å². The second kappa shape index (κ2) is 9.73. The monoisotopic (exact) mass is 441 g/mol. The Kier molecular flexibility index (Phi) is 7.26. The third kappa shape index (κ3) is 6.47. The first-order valence-corrected chi connectivity index (χ1v) is 11.4. The first kappa shape index (κ1) is 23.1. The van der Waals surface area contributed by atoms with E-state index in [4.69, 9.17) is 4.74 Å². The molecule has 0 aliphatic carbocycles. The highest BCUT2D eigenvalue weighted by molar-refractivity contribution is 7.99. The Bertz CT molecular complexity index is 947. The number of nitrogens with zero attached hydrogens (tertiary/aromatic N) is 2. The van der Waals surface area contributed by atoms with Crippen LogP contribution in [0.5, 0.6) is 0 Å². The molecule has 0 radical (unpaired) electrons. The summed E-state index contributed by atoms with van der Waals surface area (Å²) in [5.41, 5.74) is 2.43. The fourth-order valence-electron chi connectivity index (χ4n) is 3.46. The van der Waals surface area contributed by atoms with E-state index in [0.29, 0.717) is 36.5 Å². The maximum absolute atomic E-state index is 13.0. The summed E-state index contributed by atoms with van der Waals surface area (Å²) in [5.74, 6) is -0.129. The van der Waals surface area contributed by atoms with Crippen LogP contribution >= 0.6 is 11.8 Å². The quantitative estimate of drug-likeness (QED) is 0.725. The number of pyridine rings is 1. The molecule has 3 rings (SSSR count). The summed E-state index contributed by atoms with van der Waals surface area (Å²) in [7, 11) is 0. The molecule has 1 aromatic heterocycles. The van der Waals surface area contributed by atoms with Gasteiger partial charge in [0.15, 0.2) is 0 Å². The molecule has 1 N–H and O–H groups in total. The average Bonchev–Trinajstić information content (AvgIpc) is 2.69. The number of nitrogens with one attached hydrogen (secondary N) is 1. The predicted molar refractivity (Wildman–Crippen MR) is 123 cm³/mol. The third-order valence-electron chi connectivity index (χ3n) is 5.03. The lowest BCUT2D eigenvalue weighted by Crippen LogP contribution is -2.47. The lowest BCUT2D eigenvalue weighted by atomic mass is 10.0. The minimum atomic E-state index is -0.508. The zero-order valence-electron chi connectivity index (χ0n) is 18.9. The molecule has 0 saturated carbocycles. The van der Waals surface area contributed by atoms with Gasteiger partial charge in [-0.3, -0.25) is 4.79 Å². The van der Waals surface area contributed by atoms with Crippen LogP contribution in [0.15, 0.2) is 46.5 Å². The maximum Gasteiger partial charge on any atom is 0.410 e. The smallest absolute Gasteiger partial charge is 0.410 e. The number of ether oxygens (including phenoxy) is 1. The number of benzene rings is 1. The summed E-state index contributed by atoms with van der Waals surface area (Å²) in [6, 6.07) is 9.87. The van der Waals surface area contributed by atoms with Crippen LogP contribution in [0.2, 0.25) is 0 Å². The number of rotatable bonds is 4. The van der Waals surface area contributed by atoms with Crippen molar-refractivity contribution in [3.63, 3.8) is 0 Å². The number of carbonyl (C=O) groups is 2. The van der Waals surface area contributed by atoms with Crippen molar-refractivity contribution in [1.29, 1.82) is 0 Å². The van der Waals surface area contributed by atoms with E-state index in [1.807, 2.05) is 26.8 Å². The summed E-state index contributed by atoms with van der Waals surface area (Å²) < 4.78 is 5.44. The van der Waals surface area contributed by atoms with Crippen LogP contribution in [0.3, 0.4) is 0 Å². The van der Waals surface area contributed by atoms with Crippen LogP contribution in [-0.2, 0) is 4.74 Å². The molecular weight excluding hydrogens is 410 g/mol. The highest BCUT2D eigenvalue weighted by Gasteiger charge is 2.28. The number of aryl methyl sites for hydroxylation is 2. The van der Waals surface area contributed by atoms with Crippen molar-refractivity contribution >= 4 is 23.8 Å². The van der Waals surface area contributed by atoms with Gasteiger partial charge in [-0.2, -0.15) is 0 Å². The lowest BCUT2D eigenvalue weighted by Gasteiger charge is -2.33. The molecule has 0 atom stereocenters. The highest BCUT2D eigenvalue weighted by Crippen LogP contribution is 2.31. The van der Waals surface area contributed by atoms with Crippen LogP contribution in [0, 0.1) is 13.8 Å². The molecule has 6 nitrogen and oxygen atoms in total. The summed E-state index contributed by atoms with van der Waals surface area (Å²) >= 11 is 1.51. The van der Waals surface area contributed by atoms with E-state index in [-0.39, 0.29) is 18.0 Å². The number of amides is 2. The van der Waals surface area contributed by atoms with E-state index in [0.717, 1.165) is 10.5 Å². The fourth-order valence-corrected chi connectivity index (χ4v) is 4.41. The fraction of sp³-hybridized carbons (Fsp3) is 0.458. The average molecular weight is 442 g/mol. The molecule has 1 aliphatic heterocycles. The van der Waals surface area contributed by atoms with E-state index in [1.54, 1.807) is 17.2 Å². The molecule has 166 valence electrons. The first-order chi connectivity index (χ1) is 14.6. The summed E-state index contributed by atoms with van der Waals surface area (Å²) in [5, 5.41) is 3.81. The van der Waals surface area contributed by atoms with Crippen molar-refractivity contribution in [2.24, 2.45) is 0 Å². The van der Waals surface area contributed by atoms with Gasteiger partial charge in [0.1, 0.15) is 10.6 Å². The molecule has 0 unspecified atom stereocenters. The van der Waals surface area contributed by atoms with Gasteiger partial charge in [0.25, 0.3) is 5.91 Å². The van der Waals surface area contributed by atoms with E-state index in [2.05, 4.69) is 42.3 Å². The number of aromatic nitrogens is 1. The van der Waals surface area contributed by atoms with Gasteiger partial charge in [-0.15, -0.1) is 0 Å². The predicted octanol–water partition coefficient (Wildman–Crippen LogP) is 4.98. The molecule has 31 heavy (non-hydrogen) atoms. The Morgan fingerprint density at radius 3 is 2.52 bits per heavy atom. The summed E-state index contributed by atoms with van der Waals surface area (Å²) in [6.07, 6.45) is 2.81. The van der Waals surface area contributed by atoms with Crippen molar-refractivity contribution < 1.29 is 14.3 Å². The van der Waals surface area contributed by atoms with Gasteiger partial charge in [0.05, 0.1) is 5.56 Å². The Balaban J connectivity index is 1.61. The summed E-state index contributed by atoms with van der Waals surface area (Å²) in [6.45, 7) is 10.8. The Labute approximate surface area is 188 Å².